The molecule has 0 spiro atoms. The van der Waals surface area contributed by atoms with E-state index in [9.17, 15) is 14.4 Å². The minimum absolute atomic E-state index is 0.0416. The van der Waals surface area contributed by atoms with E-state index in [2.05, 4.69) is 26.4 Å². The Morgan fingerprint density at radius 1 is 0.769 bits per heavy atom. The van der Waals surface area contributed by atoms with Crippen LogP contribution in [0.3, 0.4) is 0 Å². The number of nitrogens with one attached hydrogen (secondary N) is 4. The summed E-state index contributed by atoms with van der Waals surface area (Å²) in [5, 5.41) is 24.1. The Morgan fingerprint density at radius 2 is 1.26 bits per heavy atom. The van der Waals surface area contributed by atoms with E-state index in [1.54, 1.807) is 11.7 Å². The van der Waals surface area contributed by atoms with E-state index in [0.29, 0.717) is 11.5 Å². The predicted octanol–water partition coefficient (Wildman–Crippen LogP) is 3.54. The standard InChI is InChI=1S/C29H30N6O4/c1-35-27(24(20-32-35)33-26(37)19-25(36)30-17-18-31-28(38)39)34-29(21-11-5-2-6-12-21,22-13-7-3-8-14-22)23-15-9-4-10-16-23/h2-16,20,31,34H,17-19H2,1H3,(H,30,36)(H,33,37)(H,38,39). The van der Waals surface area contributed by atoms with E-state index >= 15 is 0 Å². The lowest BCUT2D eigenvalue weighted by atomic mass is 9.77. The fourth-order valence-electron chi connectivity index (χ4n) is 4.41. The molecule has 0 bridgehead atoms. The van der Waals surface area contributed by atoms with Crippen LogP contribution in [-0.2, 0) is 22.2 Å². The summed E-state index contributed by atoms with van der Waals surface area (Å²) in [5.74, 6) is -0.504. The zero-order chi connectivity index (χ0) is 27.7. The van der Waals surface area contributed by atoms with Gasteiger partial charge in [0.2, 0.25) is 11.8 Å². The van der Waals surface area contributed by atoms with Crippen molar-refractivity contribution < 1.29 is 19.5 Å². The summed E-state index contributed by atoms with van der Waals surface area (Å²) in [6.45, 7) is 0.117. The normalized spacial score (nSPS) is 10.9. The smallest absolute Gasteiger partial charge is 0.404 e. The van der Waals surface area contributed by atoms with Crippen LogP contribution in [0.4, 0.5) is 16.3 Å². The third-order valence-electron chi connectivity index (χ3n) is 6.18. The summed E-state index contributed by atoms with van der Waals surface area (Å²) in [6, 6.07) is 30.0. The number of amides is 3. The van der Waals surface area contributed by atoms with E-state index in [0.717, 1.165) is 16.7 Å². The lowest BCUT2D eigenvalue weighted by Crippen LogP contribution is -2.39. The first-order valence-corrected chi connectivity index (χ1v) is 12.4. The molecule has 3 aromatic carbocycles. The van der Waals surface area contributed by atoms with Gasteiger partial charge in [-0.25, -0.2) is 4.79 Å². The van der Waals surface area contributed by atoms with Gasteiger partial charge in [0.1, 0.15) is 23.5 Å². The number of aryl methyl sites for hydroxylation is 1. The van der Waals surface area contributed by atoms with Gasteiger partial charge in [-0.05, 0) is 16.7 Å². The SMILES string of the molecule is Cn1ncc(NC(=O)CC(=O)NCCNC(=O)O)c1NC(c1ccccc1)(c1ccccc1)c1ccccc1. The lowest BCUT2D eigenvalue weighted by molar-refractivity contribution is -0.126. The van der Waals surface area contributed by atoms with Crippen molar-refractivity contribution >= 4 is 29.4 Å². The van der Waals surface area contributed by atoms with Crippen LogP contribution in [0.25, 0.3) is 0 Å². The average Bonchev–Trinajstić information content (AvgIpc) is 3.28. The maximum atomic E-state index is 12.8. The Balaban J connectivity index is 1.65. The number of benzene rings is 3. The van der Waals surface area contributed by atoms with E-state index in [-0.39, 0.29) is 13.1 Å². The Hall–Kier alpha value is -5.12. The summed E-state index contributed by atoms with van der Waals surface area (Å²) >= 11 is 0. The minimum atomic E-state index is -1.18. The first-order valence-electron chi connectivity index (χ1n) is 12.4. The monoisotopic (exact) mass is 526 g/mol. The highest BCUT2D eigenvalue weighted by atomic mass is 16.4. The van der Waals surface area contributed by atoms with Crippen LogP contribution in [0, 0.1) is 0 Å². The molecule has 10 heteroatoms. The second kappa shape index (κ2) is 12.4. The predicted molar refractivity (Wildman–Crippen MR) is 148 cm³/mol. The van der Waals surface area contributed by atoms with Gasteiger partial charge in [0.15, 0.2) is 0 Å². The third-order valence-corrected chi connectivity index (χ3v) is 6.18. The molecular formula is C29H30N6O4. The molecule has 0 atom stereocenters. The molecule has 0 saturated heterocycles. The fourth-order valence-corrected chi connectivity index (χ4v) is 4.41. The molecule has 0 radical (unpaired) electrons. The molecule has 10 nitrogen and oxygen atoms in total. The summed E-state index contributed by atoms with van der Waals surface area (Å²) in [5.41, 5.74) is 2.52. The van der Waals surface area contributed by atoms with Crippen LogP contribution in [0.5, 0.6) is 0 Å². The van der Waals surface area contributed by atoms with Crippen molar-refractivity contribution in [3.63, 3.8) is 0 Å². The summed E-state index contributed by atoms with van der Waals surface area (Å²) in [4.78, 5) is 35.5. The highest BCUT2D eigenvalue weighted by Gasteiger charge is 2.37. The number of aromatic nitrogens is 2. The maximum Gasteiger partial charge on any atom is 0.404 e. The van der Waals surface area contributed by atoms with Gasteiger partial charge in [-0.2, -0.15) is 5.10 Å². The maximum absolute atomic E-state index is 12.8. The van der Waals surface area contributed by atoms with Gasteiger partial charge in [0, 0.05) is 20.1 Å². The molecule has 0 aliphatic rings. The Bertz CT molecular complexity index is 1310. The van der Waals surface area contributed by atoms with Crippen LogP contribution in [-0.4, -0.2) is 45.9 Å². The highest BCUT2D eigenvalue weighted by Crippen LogP contribution is 2.41. The molecule has 5 N–H and O–H groups in total. The van der Waals surface area contributed by atoms with E-state index < -0.39 is 29.9 Å². The van der Waals surface area contributed by atoms with E-state index in [1.165, 1.54) is 6.20 Å². The Kier molecular flexibility index (Phi) is 8.57. The molecule has 1 aromatic heterocycles. The van der Waals surface area contributed by atoms with Gasteiger partial charge in [0.25, 0.3) is 0 Å². The Morgan fingerprint density at radius 3 is 1.74 bits per heavy atom. The second-order valence-corrected chi connectivity index (χ2v) is 8.81. The van der Waals surface area contributed by atoms with Gasteiger partial charge in [-0.3, -0.25) is 14.3 Å². The first-order chi connectivity index (χ1) is 18.9. The van der Waals surface area contributed by atoms with Gasteiger partial charge < -0.3 is 26.4 Å². The summed E-state index contributed by atoms with van der Waals surface area (Å²) in [6.07, 6.45) is -0.0836. The molecule has 0 fully saturated rings. The number of carboxylic acid groups (broad SMARTS) is 1. The van der Waals surface area contributed by atoms with Crippen LogP contribution in [0.15, 0.2) is 97.2 Å². The van der Waals surface area contributed by atoms with E-state index in [1.807, 2.05) is 91.0 Å². The molecule has 0 saturated carbocycles. The van der Waals surface area contributed by atoms with Crippen molar-refractivity contribution in [3.8, 4) is 0 Å². The summed E-state index contributed by atoms with van der Waals surface area (Å²) in [7, 11) is 1.77. The molecule has 0 aliphatic carbocycles. The molecular weight excluding hydrogens is 496 g/mol. The molecule has 4 rings (SSSR count). The van der Waals surface area contributed by atoms with Gasteiger partial charge >= 0.3 is 6.09 Å². The number of anilines is 2. The number of carbonyl (C=O) groups excluding carboxylic acids is 2. The topological polar surface area (TPSA) is 137 Å². The zero-order valence-electron chi connectivity index (χ0n) is 21.4. The Labute approximate surface area is 226 Å². The van der Waals surface area contributed by atoms with Crippen molar-refractivity contribution in [3.05, 3.63) is 114 Å². The molecule has 4 aromatic rings. The van der Waals surface area contributed by atoms with Crippen molar-refractivity contribution in [1.82, 2.24) is 20.4 Å². The van der Waals surface area contributed by atoms with Crippen molar-refractivity contribution in [2.75, 3.05) is 23.7 Å². The van der Waals surface area contributed by atoms with Crippen molar-refractivity contribution in [2.45, 2.75) is 12.0 Å². The fraction of sp³-hybridized carbons (Fsp3) is 0.172. The average molecular weight is 527 g/mol. The molecule has 3 amide bonds. The highest BCUT2D eigenvalue weighted by molar-refractivity contribution is 6.04. The number of hydrogen-bond acceptors (Lipinski definition) is 5. The van der Waals surface area contributed by atoms with Crippen LogP contribution >= 0.6 is 0 Å². The van der Waals surface area contributed by atoms with Crippen LogP contribution < -0.4 is 21.3 Å². The lowest BCUT2D eigenvalue weighted by Gasteiger charge is -2.38. The molecule has 0 aliphatic heterocycles. The van der Waals surface area contributed by atoms with Crippen molar-refractivity contribution in [1.29, 1.82) is 0 Å². The number of carbonyl (C=O) groups is 3. The van der Waals surface area contributed by atoms with Gasteiger partial charge in [-0.1, -0.05) is 91.0 Å². The molecule has 1 heterocycles. The van der Waals surface area contributed by atoms with Crippen LogP contribution in [0.1, 0.15) is 23.1 Å². The first kappa shape index (κ1) is 26.9. The largest absolute Gasteiger partial charge is 0.465 e. The van der Waals surface area contributed by atoms with Crippen molar-refractivity contribution in [2.24, 2.45) is 7.05 Å². The van der Waals surface area contributed by atoms with E-state index in [4.69, 9.17) is 5.11 Å². The third kappa shape index (κ3) is 6.42. The summed E-state index contributed by atoms with van der Waals surface area (Å²) < 4.78 is 1.64. The molecule has 0 unspecified atom stereocenters. The zero-order valence-corrected chi connectivity index (χ0v) is 21.4. The van der Waals surface area contributed by atoms with Crippen LogP contribution in [0.2, 0.25) is 0 Å². The number of hydrogen-bond donors (Lipinski definition) is 5. The molecule has 200 valence electrons. The minimum Gasteiger partial charge on any atom is -0.465 e. The quantitative estimate of drug-likeness (QED) is 0.115. The second-order valence-electron chi connectivity index (χ2n) is 8.81. The van der Waals surface area contributed by atoms with Gasteiger partial charge in [-0.15, -0.1) is 0 Å². The number of rotatable bonds is 11. The van der Waals surface area contributed by atoms with Gasteiger partial charge in [0.05, 0.1) is 6.20 Å². The number of nitrogens with zero attached hydrogens (tertiary/aromatic N) is 2. The molecule has 39 heavy (non-hydrogen) atoms.